The van der Waals surface area contributed by atoms with Crippen LogP contribution in [0.3, 0.4) is 0 Å². The number of hydrogen-bond donors (Lipinski definition) is 1. The van der Waals surface area contributed by atoms with Crippen molar-refractivity contribution in [3.05, 3.63) is 96.2 Å². The van der Waals surface area contributed by atoms with Crippen LogP contribution in [0.2, 0.25) is 0 Å². The molecule has 0 bridgehead atoms. The van der Waals surface area contributed by atoms with Crippen LogP contribution in [-0.2, 0) is 0 Å². The molecule has 4 aromatic rings. The Morgan fingerprint density at radius 3 is 2.47 bits per heavy atom. The van der Waals surface area contributed by atoms with Crippen molar-refractivity contribution in [1.29, 1.82) is 5.26 Å². The first-order chi connectivity index (χ1) is 14.7. The molecule has 6 heteroatoms. The molecule has 3 aromatic carbocycles. The molecule has 146 valence electrons. The van der Waals surface area contributed by atoms with Gasteiger partial charge in [-0.15, -0.1) is 0 Å². The van der Waals surface area contributed by atoms with Crippen molar-refractivity contribution in [2.45, 2.75) is 0 Å². The fourth-order valence-corrected chi connectivity index (χ4v) is 3.09. The van der Waals surface area contributed by atoms with E-state index in [1.165, 1.54) is 0 Å². The first-order valence-corrected chi connectivity index (χ1v) is 9.29. The van der Waals surface area contributed by atoms with Gasteiger partial charge >= 0.3 is 0 Å². The van der Waals surface area contributed by atoms with Crippen molar-refractivity contribution >= 4 is 11.6 Å². The lowest BCUT2D eigenvalue weighted by Gasteiger charge is -2.08. The minimum absolute atomic E-state index is 0.270. The number of carbonyl (C=O) groups excluding carboxylic acids is 1. The number of nitrogens with zero attached hydrogens (tertiary/aromatic N) is 3. The van der Waals surface area contributed by atoms with Gasteiger partial charge in [-0.3, -0.25) is 4.79 Å². The van der Waals surface area contributed by atoms with Crippen LogP contribution in [0.1, 0.15) is 16.1 Å². The number of ether oxygens (including phenoxy) is 1. The lowest BCUT2D eigenvalue weighted by molar-refractivity contribution is 0.102. The van der Waals surface area contributed by atoms with Gasteiger partial charge in [-0.2, -0.15) is 10.4 Å². The first-order valence-electron chi connectivity index (χ1n) is 9.29. The highest BCUT2D eigenvalue weighted by molar-refractivity contribution is 6.03. The third-order valence-electron chi connectivity index (χ3n) is 4.58. The fraction of sp³-hybridized carbons (Fsp3) is 0.0417. The number of methoxy groups -OCH3 is 1. The van der Waals surface area contributed by atoms with Crippen LogP contribution < -0.4 is 10.1 Å². The molecule has 1 aromatic heterocycles. The fourth-order valence-electron chi connectivity index (χ4n) is 3.09. The summed E-state index contributed by atoms with van der Waals surface area (Å²) in [7, 11) is 1.62. The van der Waals surface area contributed by atoms with Crippen molar-refractivity contribution < 1.29 is 9.53 Å². The summed E-state index contributed by atoms with van der Waals surface area (Å²) in [6.45, 7) is 0. The van der Waals surface area contributed by atoms with E-state index < -0.39 is 0 Å². The topological polar surface area (TPSA) is 79.9 Å². The Hall–Kier alpha value is -4.37. The van der Waals surface area contributed by atoms with Crippen LogP contribution in [0.25, 0.3) is 16.9 Å². The normalized spacial score (nSPS) is 10.3. The lowest BCUT2D eigenvalue weighted by atomic mass is 10.1. The molecule has 0 aliphatic heterocycles. The van der Waals surface area contributed by atoms with Crippen LogP contribution >= 0.6 is 0 Å². The second-order valence-corrected chi connectivity index (χ2v) is 6.54. The lowest BCUT2D eigenvalue weighted by Crippen LogP contribution is -2.13. The van der Waals surface area contributed by atoms with Gasteiger partial charge < -0.3 is 10.1 Å². The number of nitriles is 1. The largest absolute Gasteiger partial charge is 0.497 e. The van der Waals surface area contributed by atoms with Crippen LogP contribution in [0, 0.1) is 11.3 Å². The summed E-state index contributed by atoms with van der Waals surface area (Å²) in [5, 5.41) is 16.4. The van der Waals surface area contributed by atoms with E-state index in [4.69, 9.17) is 10.00 Å². The van der Waals surface area contributed by atoms with Gasteiger partial charge in [0.25, 0.3) is 5.91 Å². The number of aromatic nitrogens is 2. The molecule has 0 fully saturated rings. The minimum Gasteiger partial charge on any atom is -0.497 e. The SMILES string of the molecule is COc1ccc(-c2cc(C(=O)Nc3cccc(C#N)c3)nn2-c2ccccc2)cc1. The van der Waals surface area contributed by atoms with Crippen molar-refractivity contribution in [2.75, 3.05) is 12.4 Å². The maximum atomic E-state index is 12.9. The Morgan fingerprint density at radius 1 is 1.00 bits per heavy atom. The Morgan fingerprint density at radius 2 is 1.77 bits per heavy atom. The molecule has 0 aliphatic carbocycles. The highest BCUT2D eigenvalue weighted by atomic mass is 16.5. The average molecular weight is 394 g/mol. The van der Waals surface area contributed by atoms with Gasteiger partial charge in [0.05, 0.1) is 30.1 Å². The smallest absolute Gasteiger partial charge is 0.276 e. The minimum atomic E-state index is -0.352. The predicted molar refractivity (Wildman–Crippen MR) is 115 cm³/mol. The quantitative estimate of drug-likeness (QED) is 0.533. The Labute approximate surface area is 174 Å². The maximum absolute atomic E-state index is 12.9. The van der Waals surface area contributed by atoms with Crippen LogP contribution in [0.4, 0.5) is 5.69 Å². The molecular weight excluding hydrogens is 376 g/mol. The number of amides is 1. The number of rotatable bonds is 5. The predicted octanol–water partition coefficient (Wildman–Crippen LogP) is 4.67. The molecular formula is C24H18N4O2. The van der Waals surface area contributed by atoms with Gasteiger partial charge in [-0.25, -0.2) is 4.68 Å². The summed E-state index contributed by atoms with van der Waals surface area (Å²) >= 11 is 0. The third-order valence-corrected chi connectivity index (χ3v) is 4.58. The Kier molecular flexibility index (Phi) is 5.27. The van der Waals surface area contributed by atoms with E-state index in [2.05, 4.69) is 16.5 Å². The standard InChI is InChI=1S/C24H18N4O2/c1-30-21-12-10-18(11-13-21)23-15-22(27-28(23)20-8-3-2-4-9-20)24(29)26-19-7-5-6-17(14-19)16-25/h2-15H,1H3,(H,26,29). The summed E-state index contributed by atoms with van der Waals surface area (Å²) < 4.78 is 6.98. The van der Waals surface area contributed by atoms with Crippen LogP contribution in [-0.4, -0.2) is 22.8 Å². The molecule has 0 radical (unpaired) electrons. The number of nitrogens with one attached hydrogen (secondary N) is 1. The van der Waals surface area contributed by atoms with Crippen molar-refractivity contribution in [3.63, 3.8) is 0 Å². The van der Waals surface area contributed by atoms with E-state index in [0.29, 0.717) is 11.3 Å². The monoisotopic (exact) mass is 394 g/mol. The van der Waals surface area contributed by atoms with Gasteiger partial charge in [0.1, 0.15) is 5.75 Å². The molecule has 4 rings (SSSR count). The first kappa shape index (κ1) is 19.0. The average Bonchev–Trinajstić information content (AvgIpc) is 3.25. The highest BCUT2D eigenvalue weighted by Gasteiger charge is 2.17. The summed E-state index contributed by atoms with van der Waals surface area (Å²) in [5.74, 6) is 0.398. The molecule has 0 spiro atoms. The van der Waals surface area contributed by atoms with E-state index in [-0.39, 0.29) is 11.6 Å². The molecule has 6 nitrogen and oxygen atoms in total. The van der Waals surface area contributed by atoms with E-state index in [1.807, 2.05) is 54.6 Å². The molecule has 0 atom stereocenters. The molecule has 1 heterocycles. The number of hydrogen-bond acceptors (Lipinski definition) is 4. The summed E-state index contributed by atoms with van der Waals surface area (Å²) in [5.41, 5.74) is 3.80. The van der Waals surface area contributed by atoms with Gasteiger partial charge in [-0.05, 0) is 60.7 Å². The molecule has 30 heavy (non-hydrogen) atoms. The van der Waals surface area contributed by atoms with E-state index in [9.17, 15) is 4.79 Å². The molecule has 0 unspecified atom stereocenters. The zero-order valence-corrected chi connectivity index (χ0v) is 16.2. The van der Waals surface area contributed by atoms with Gasteiger partial charge in [0, 0.05) is 11.3 Å². The molecule has 0 saturated carbocycles. The van der Waals surface area contributed by atoms with Crippen molar-refractivity contribution in [2.24, 2.45) is 0 Å². The number of benzene rings is 3. The van der Waals surface area contributed by atoms with Crippen LogP contribution in [0.15, 0.2) is 84.9 Å². The molecule has 1 N–H and O–H groups in total. The summed E-state index contributed by atoms with van der Waals surface area (Å²) in [6.07, 6.45) is 0. The van der Waals surface area contributed by atoms with E-state index in [0.717, 1.165) is 22.7 Å². The molecule has 1 amide bonds. The van der Waals surface area contributed by atoms with Gasteiger partial charge in [0.15, 0.2) is 5.69 Å². The number of para-hydroxylation sites is 1. The van der Waals surface area contributed by atoms with E-state index >= 15 is 0 Å². The van der Waals surface area contributed by atoms with E-state index in [1.54, 1.807) is 42.1 Å². The second-order valence-electron chi connectivity index (χ2n) is 6.54. The summed E-state index contributed by atoms with van der Waals surface area (Å²) in [4.78, 5) is 12.9. The van der Waals surface area contributed by atoms with Crippen molar-refractivity contribution in [1.82, 2.24) is 9.78 Å². The third kappa shape index (κ3) is 3.91. The number of anilines is 1. The molecule has 0 aliphatic rings. The Balaban J connectivity index is 1.72. The second kappa shape index (κ2) is 8.33. The van der Waals surface area contributed by atoms with Gasteiger partial charge in [0.2, 0.25) is 0 Å². The highest BCUT2D eigenvalue weighted by Crippen LogP contribution is 2.26. The zero-order chi connectivity index (χ0) is 20.9. The number of carbonyl (C=O) groups is 1. The van der Waals surface area contributed by atoms with Gasteiger partial charge in [-0.1, -0.05) is 24.3 Å². The molecule has 0 saturated heterocycles. The maximum Gasteiger partial charge on any atom is 0.276 e. The Bertz CT molecular complexity index is 1220. The van der Waals surface area contributed by atoms with Crippen LogP contribution in [0.5, 0.6) is 5.75 Å². The summed E-state index contributed by atoms with van der Waals surface area (Å²) in [6, 6.07) is 27.8. The van der Waals surface area contributed by atoms with Crippen molar-refractivity contribution in [3.8, 4) is 28.8 Å². The zero-order valence-electron chi connectivity index (χ0n) is 16.2.